The Kier molecular flexibility index (Phi) is 3.35. The lowest BCUT2D eigenvalue weighted by molar-refractivity contribution is -0.173. The van der Waals surface area contributed by atoms with Crippen LogP contribution in [0.3, 0.4) is 0 Å². The maximum atomic E-state index is 11.8. The summed E-state index contributed by atoms with van der Waals surface area (Å²) in [4.78, 5) is 21.7. The average Bonchev–Trinajstić information content (AvgIpc) is 2.85. The summed E-state index contributed by atoms with van der Waals surface area (Å²) in [5, 5.41) is 15.8. The number of aromatic nitrogens is 1. The maximum absolute atomic E-state index is 11.8. The van der Waals surface area contributed by atoms with Crippen LogP contribution in [0, 0.1) is 11.8 Å². The van der Waals surface area contributed by atoms with Crippen LogP contribution >= 0.6 is 0 Å². The van der Waals surface area contributed by atoms with E-state index in [1.165, 1.54) is 0 Å². The Bertz CT molecular complexity index is 764. The smallest absolute Gasteiger partial charge is 0.351 e. The van der Waals surface area contributed by atoms with E-state index in [9.17, 15) is 9.90 Å². The first kappa shape index (κ1) is 14.5. The number of carbonyl (C=O) groups is 1. The largest absolute Gasteiger partial charge is 0.478 e. The molecule has 1 N–H and O–H groups in total. The van der Waals surface area contributed by atoms with Gasteiger partial charge in [-0.25, -0.2) is 4.79 Å². The number of rotatable bonds is 3. The normalized spacial score (nSPS) is 24.4. The lowest BCUT2D eigenvalue weighted by atomic mass is 9.76. The molecule has 0 spiro atoms. The number of pyridine rings is 1. The van der Waals surface area contributed by atoms with E-state index in [4.69, 9.17) is 4.84 Å². The Balaban J connectivity index is 2.12. The fraction of sp³-hybridized carbons (Fsp3) is 0.353. The summed E-state index contributed by atoms with van der Waals surface area (Å²) in [5.41, 5.74) is -0.0594. The topological polar surface area (TPSA) is 71.8 Å². The minimum atomic E-state index is -1.34. The monoisotopic (exact) mass is 298 g/mol. The molecule has 0 fully saturated rings. The lowest BCUT2D eigenvalue weighted by Gasteiger charge is -2.30. The highest BCUT2D eigenvalue weighted by atomic mass is 16.7. The maximum Gasteiger partial charge on any atom is 0.351 e. The molecule has 5 heteroatoms. The Labute approximate surface area is 128 Å². The Morgan fingerprint density at radius 1 is 1.32 bits per heavy atom. The van der Waals surface area contributed by atoms with Gasteiger partial charge in [0.05, 0.1) is 11.6 Å². The van der Waals surface area contributed by atoms with Gasteiger partial charge in [-0.15, -0.1) is 0 Å². The molecule has 0 saturated heterocycles. The Hall–Kier alpha value is -2.43. The van der Waals surface area contributed by atoms with E-state index in [1.54, 1.807) is 6.20 Å². The molecule has 5 nitrogen and oxygen atoms in total. The number of carboxylic acid groups (broad SMARTS) is 1. The molecule has 1 aromatic carbocycles. The van der Waals surface area contributed by atoms with Crippen molar-refractivity contribution in [3.05, 3.63) is 42.2 Å². The second-order valence-electron chi connectivity index (χ2n) is 5.92. The third kappa shape index (κ3) is 1.89. The first-order chi connectivity index (χ1) is 10.5. The highest BCUT2D eigenvalue weighted by Crippen LogP contribution is 2.39. The van der Waals surface area contributed by atoms with Crippen molar-refractivity contribution in [2.45, 2.75) is 26.4 Å². The number of hydrogen-bond acceptors (Lipinski definition) is 4. The van der Waals surface area contributed by atoms with Crippen molar-refractivity contribution in [1.29, 1.82) is 0 Å². The zero-order valence-electron chi connectivity index (χ0n) is 12.8. The summed E-state index contributed by atoms with van der Waals surface area (Å²) in [6.45, 7) is 5.50. The predicted molar refractivity (Wildman–Crippen MR) is 83.7 cm³/mol. The Morgan fingerprint density at radius 2 is 2.05 bits per heavy atom. The van der Waals surface area contributed by atoms with Crippen LogP contribution in [0.1, 0.15) is 26.5 Å². The van der Waals surface area contributed by atoms with Crippen molar-refractivity contribution >= 4 is 22.5 Å². The van der Waals surface area contributed by atoms with Crippen LogP contribution in [0.25, 0.3) is 10.8 Å². The zero-order chi connectivity index (χ0) is 15.9. The van der Waals surface area contributed by atoms with E-state index in [1.807, 2.05) is 51.1 Å². The molecular weight excluding hydrogens is 280 g/mol. The molecule has 0 saturated carbocycles. The van der Waals surface area contributed by atoms with Crippen LogP contribution in [-0.4, -0.2) is 27.4 Å². The van der Waals surface area contributed by atoms with Gasteiger partial charge in [0, 0.05) is 17.5 Å². The van der Waals surface area contributed by atoms with Crippen LogP contribution in [0.15, 0.2) is 41.7 Å². The number of aliphatic carboxylic acids is 1. The summed E-state index contributed by atoms with van der Waals surface area (Å²) in [6.07, 6.45) is 1.71. The second kappa shape index (κ2) is 5.09. The van der Waals surface area contributed by atoms with Gasteiger partial charge in [0.2, 0.25) is 5.60 Å². The second-order valence-corrected chi connectivity index (χ2v) is 5.92. The average molecular weight is 298 g/mol. The molecule has 2 heterocycles. The minimum absolute atomic E-state index is 0.212. The van der Waals surface area contributed by atoms with E-state index >= 15 is 0 Å². The molecule has 2 atom stereocenters. The van der Waals surface area contributed by atoms with Crippen molar-refractivity contribution in [2.24, 2.45) is 17.0 Å². The van der Waals surface area contributed by atoms with Gasteiger partial charge in [0.15, 0.2) is 0 Å². The van der Waals surface area contributed by atoms with Gasteiger partial charge in [-0.05, 0) is 11.5 Å². The molecule has 0 aliphatic carbocycles. The number of oxime groups is 1. The van der Waals surface area contributed by atoms with Crippen molar-refractivity contribution in [3.63, 3.8) is 0 Å². The molecular formula is C17H18N2O3. The van der Waals surface area contributed by atoms with Gasteiger partial charge in [-0.2, -0.15) is 0 Å². The molecule has 0 radical (unpaired) electrons. The predicted octanol–water partition coefficient (Wildman–Crippen LogP) is 3.08. The fourth-order valence-electron chi connectivity index (χ4n) is 3.13. The number of benzene rings is 1. The van der Waals surface area contributed by atoms with Gasteiger partial charge in [0.25, 0.3) is 0 Å². The number of fused-ring (bicyclic) bond motifs is 1. The fourth-order valence-corrected chi connectivity index (χ4v) is 3.13. The highest BCUT2D eigenvalue weighted by molar-refractivity contribution is 6.12. The van der Waals surface area contributed by atoms with E-state index < -0.39 is 11.6 Å². The van der Waals surface area contributed by atoms with Crippen molar-refractivity contribution in [2.75, 3.05) is 0 Å². The molecule has 114 valence electrons. The summed E-state index contributed by atoms with van der Waals surface area (Å²) in [5.74, 6) is -1.59. The lowest BCUT2D eigenvalue weighted by Crippen LogP contribution is -2.50. The SMILES string of the molecule is CC(C)C1(C(=O)O)ON=C(c2nccc3ccccc23)C1C. The molecule has 0 bridgehead atoms. The molecule has 1 aliphatic rings. The summed E-state index contributed by atoms with van der Waals surface area (Å²) >= 11 is 0. The third-order valence-electron chi connectivity index (χ3n) is 4.46. The summed E-state index contributed by atoms with van der Waals surface area (Å²) in [7, 11) is 0. The number of nitrogens with zero attached hydrogens (tertiary/aromatic N) is 2. The molecule has 2 aromatic rings. The van der Waals surface area contributed by atoms with Gasteiger partial charge >= 0.3 is 5.97 Å². The van der Waals surface area contributed by atoms with Gasteiger partial charge in [-0.1, -0.05) is 50.2 Å². The molecule has 1 aromatic heterocycles. The van der Waals surface area contributed by atoms with E-state index in [-0.39, 0.29) is 11.8 Å². The molecule has 0 amide bonds. The van der Waals surface area contributed by atoms with Crippen LogP contribution < -0.4 is 0 Å². The van der Waals surface area contributed by atoms with Crippen molar-refractivity contribution in [3.8, 4) is 0 Å². The molecule has 2 unspecified atom stereocenters. The highest BCUT2D eigenvalue weighted by Gasteiger charge is 2.56. The van der Waals surface area contributed by atoms with E-state index in [0.29, 0.717) is 11.4 Å². The number of carboxylic acids is 1. The molecule has 3 rings (SSSR count). The third-order valence-corrected chi connectivity index (χ3v) is 4.46. The first-order valence-corrected chi connectivity index (χ1v) is 7.32. The summed E-state index contributed by atoms with van der Waals surface area (Å²) in [6, 6.07) is 9.77. The first-order valence-electron chi connectivity index (χ1n) is 7.32. The van der Waals surface area contributed by atoms with Gasteiger partial charge < -0.3 is 9.94 Å². The zero-order valence-corrected chi connectivity index (χ0v) is 12.8. The van der Waals surface area contributed by atoms with Crippen LogP contribution in [0.2, 0.25) is 0 Å². The Morgan fingerprint density at radius 3 is 2.68 bits per heavy atom. The minimum Gasteiger partial charge on any atom is -0.478 e. The van der Waals surface area contributed by atoms with Crippen LogP contribution in [0.5, 0.6) is 0 Å². The van der Waals surface area contributed by atoms with Crippen LogP contribution in [0.4, 0.5) is 0 Å². The molecule has 22 heavy (non-hydrogen) atoms. The van der Waals surface area contributed by atoms with Gasteiger partial charge in [0.1, 0.15) is 5.71 Å². The summed E-state index contributed by atoms with van der Waals surface area (Å²) < 4.78 is 0. The standard InChI is InChI=1S/C17H18N2O3/c1-10(2)17(16(20)21)11(3)14(19-22-17)15-13-7-5-4-6-12(13)8-9-18-15/h4-11H,1-3H3,(H,20,21). The van der Waals surface area contributed by atoms with Gasteiger partial charge in [-0.3, -0.25) is 4.98 Å². The quantitative estimate of drug-likeness (QED) is 0.945. The number of hydrogen-bond donors (Lipinski definition) is 1. The van der Waals surface area contributed by atoms with Crippen LogP contribution in [-0.2, 0) is 9.63 Å². The van der Waals surface area contributed by atoms with E-state index in [2.05, 4.69) is 10.1 Å². The molecule has 1 aliphatic heterocycles. The van der Waals surface area contributed by atoms with Crippen molar-refractivity contribution < 1.29 is 14.7 Å². The van der Waals surface area contributed by atoms with E-state index in [0.717, 1.165) is 10.8 Å². The van der Waals surface area contributed by atoms with Crippen molar-refractivity contribution in [1.82, 2.24) is 4.98 Å².